The first kappa shape index (κ1) is 45.3. The molecule has 1 saturated carbocycles. The van der Waals surface area contributed by atoms with Crippen LogP contribution in [-0.4, -0.2) is 122 Å². The van der Waals surface area contributed by atoms with Crippen molar-refractivity contribution in [3.05, 3.63) is 47.5 Å². The molecule has 3 aromatic rings. The first-order valence-electron chi connectivity index (χ1n) is 20.5. The third-order valence-electron chi connectivity index (χ3n) is 12.4. The van der Waals surface area contributed by atoms with E-state index in [0.717, 1.165) is 40.5 Å². The number of piperazine rings is 1. The van der Waals surface area contributed by atoms with E-state index in [0.29, 0.717) is 50.7 Å². The van der Waals surface area contributed by atoms with Gasteiger partial charge in [-0.15, -0.1) is 0 Å². The zero-order chi connectivity index (χ0) is 45.2. The molecule has 0 unspecified atom stereocenters. The number of Topliss-reactive ketones (excluding diaryl/α,β-unsaturated/α-hetero) is 1. The molecule has 336 valence electrons. The van der Waals surface area contributed by atoms with Crippen molar-refractivity contribution in [1.82, 2.24) is 29.8 Å². The fraction of sp³-hybridized carbons (Fsp3) is 0.537. The van der Waals surface area contributed by atoms with Crippen molar-refractivity contribution in [2.45, 2.75) is 101 Å². The lowest BCUT2D eigenvalue weighted by Gasteiger charge is -2.44. The predicted octanol–water partition coefficient (Wildman–Crippen LogP) is 6.79. The predicted molar refractivity (Wildman–Crippen MR) is 228 cm³/mol. The highest BCUT2D eigenvalue weighted by atomic mass is 32.5. The Bertz CT molecular complexity index is 2370. The number of urea groups is 1. The summed E-state index contributed by atoms with van der Waals surface area (Å²) < 4.78 is 77.6. The van der Waals surface area contributed by atoms with Gasteiger partial charge in [-0.05, 0) is 95.4 Å². The molecule has 3 saturated heterocycles. The third kappa shape index (κ3) is 8.89. The lowest BCUT2D eigenvalue weighted by atomic mass is 9.89. The molecule has 0 radical (unpaired) electrons. The number of fused-ring (bicyclic) bond motifs is 1. The minimum Gasteiger partial charge on any atom is -0.377 e. The first-order chi connectivity index (χ1) is 28.9. The van der Waals surface area contributed by atoms with E-state index < -0.39 is 43.8 Å². The molecule has 62 heavy (non-hydrogen) atoms. The number of thiocarbonyl (C=S) groups is 1. The maximum atomic E-state index is 13.9. The van der Waals surface area contributed by atoms with Gasteiger partial charge in [-0.3, -0.25) is 44.0 Å². The quantitative estimate of drug-likeness (QED) is 0.151. The minimum atomic E-state index is -10.3. The van der Waals surface area contributed by atoms with Crippen molar-refractivity contribution in [1.29, 1.82) is 5.26 Å². The van der Waals surface area contributed by atoms with Crippen LogP contribution in [0.2, 0.25) is 0 Å². The Hall–Kier alpha value is -4.75. The molecule has 1 N–H and O–H groups in total. The topological polar surface area (TPSA) is 147 Å². The van der Waals surface area contributed by atoms with Crippen LogP contribution in [0.4, 0.5) is 35.7 Å². The molecule has 14 nitrogen and oxygen atoms in total. The van der Waals surface area contributed by atoms with Crippen LogP contribution < -0.4 is 15.1 Å². The summed E-state index contributed by atoms with van der Waals surface area (Å²) >= 11 is 5.63. The highest BCUT2D eigenvalue weighted by molar-refractivity contribution is 8.45. The number of amides is 4. The molecule has 4 heterocycles. The van der Waals surface area contributed by atoms with Gasteiger partial charge in [0.1, 0.15) is 16.5 Å². The molecule has 1 aliphatic carbocycles. The summed E-state index contributed by atoms with van der Waals surface area (Å²) in [5.74, 6) is -0.494. The number of ketones is 1. The number of hydrogen-bond acceptors (Lipinski definition) is 10. The van der Waals surface area contributed by atoms with E-state index in [1.54, 1.807) is 30.5 Å². The largest absolute Gasteiger partial charge is 0.377 e. The van der Waals surface area contributed by atoms with Crippen LogP contribution in [0.1, 0.15) is 70.9 Å². The number of carbonyl (C=O) groups is 4. The van der Waals surface area contributed by atoms with E-state index in [2.05, 4.69) is 34.1 Å². The molecule has 4 amide bonds. The summed E-state index contributed by atoms with van der Waals surface area (Å²) in [5, 5.41) is 16.7. The van der Waals surface area contributed by atoms with Gasteiger partial charge in [0.05, 0.1) is 36.0 Å². The van der Waals surface area contributed by atoms with E-state index in [4.69, 9.17) is 22.2 Å². The molecular weight excluding hydrogens is 858 g/mol. The van der Waals surface area contributed by atoms with Gasteiger partial charge in [0.15, 0.2) is 16.7 Å². The van der Waals surface area contributed by atoms with Gasteiger partial charge in [-0.25, -0.2) is 4.79 Å². The summed E-state index contributed by atoms with van der Waals surface area (Å²) in [6, 6.07) is 7.99. The van der Waals surface area contributed by atoms with Gasteiger partial charge in [-0.2, -0.15) is 10.4 Å². The minimum absolute atomic E-state index is 0.0540. The summed E-state index contributed by atoms with van der Waals surface area (Å²) in [6.07, 6.45) is 2.74. The standard InChI is InChI=1S/C41H50F5N9O5S2/c1-25-22-51(23-26(2)53(25)24-31(56)19-27-7-6-8-33-36(27)50(5)49-37(33)52-16-15-35(57)48-39(52)59)17-18-60-32-13-11-29(12-14-32)55-40(61)54(38(58)41(55,3)4)30-10-9-28(21-47)34(20-30)62(42,43,44,45)46/h6-10,20,25-26,29,32H,11-19,22-24H2,1-5H3,(H,48,57,59)/t25-,26+,29?,32?. The van der Waals surface area contributed by atoms with E-state index >= 15 is 0 Å². The lowest BCUT2D eigenvalue weighted by Crippen LogP contribution is -2.58. The van der Waals surface area contributed by atoms with Crippen molar-refractivity contribution in [2.24, 2.45) is 7.05 Å². The van der Waals surface area contributed by atoms with Crippen LogP contribution in [-0.2, 0) is 32.6 Å². The second-order valence-electron chi connectivity index (χ2n) is 17.3. The molecule has 4 fully saturated rings. The number of imide groups is 1. The number of hydrogen-bond donors (Lipinski definition) is 1. The number of nitrogens with zero attached hydrogens (tertiary/aromatic N) is 8. The zero-order valence-electron chi connectivity index (χ0n) is 35.1. The Morgan fingerprint density at radius 3 is 2.34 bits per heavy atom. The van der Waals surface area contributed by atoms with Gasteiger partial charge < -0.3 is 9.64 Å². The smallest absolute Gasteiger partial charge is 0.329 e. The van der Waals surface area contributed by atoms with E-state index in [1.165, 1.54) is 11.0 Å². The number of para-hydroxylation sites is 1. The van der Waals surface area contributed by atoms with Crippen molar-refractivity contribution < 1.29 is 43.3 Å². The number of rotatable bonds is 12. The Kier molecular flexibility index (Phi) is 11.5. The van der Waals surface area contributed by atoms with Crippen molar-refractivity contribution in [3.8, 4) is 6.07 Å². The average Bonchev–Trinajstić information content (AvgIpc) is 3.60. The molecule has 1 aromatic heterocycles. The Morgan fingerprint density at radius 2 is 1.71 bits per heavy atom. The molecule has 2 atom stereocenters. The van der Waals surface area contributed by atoms with Crippen molar-refractivity contribution >= 4 is 73.6 Å². The zero-order valence-corrected chi connectivity index (χ0v) is 36.7. The Balaban J connectivity index is 0.894. The number of aryl methyl sites for hydroxylation is 1. The van der Waals surface area contributed by atoms with E-state index in [1.807, 2.05) is 18.2 Å². The number of ether oxygens (including phenoxy) is 1. The monoisotopic (exact) mass is 907 g/mol. The summed E-state index contributed by atoms with van der Waals surface area (Å²) in [7, 11) is -8.51. The number of benzene rings is 2. The summed E-state index contributed by atoms with van der Waals surface area (Å²) in [6.45, 7) is 10.5. The molecule has 3 aliphatic heterocycles. The van der Waals surface area contributed by atoms with Gasteiger partial charge in [-0.1, -0.05) is 31.6 Å². The van der Waals surface area contributed by atoms with Crippen LogP contribution in [0, 0.1) is 11.3 Å². The average molecular weight is 908 g/mol. The molecule has 7 rings (SSSR count). The Morgan fingerprint density at radius 1 is 1.03 bits per heavy atom. The second kappa shape index (κ2) is 15.8. The SMILES string of the molecule is C[C@@H]1CN(CCOC2CCC(N3C(=S)N(c4ccc(C#N)c(S(F)(F)(F)(F)F)c4)C(=O)C3(C)C)CC2)C[C@H](C)N1CC(=O)Cc1cccc2c(N3CCC(=O)NC3=O)nn(C)c12. The van der Waals surface area contributed by atoms with Crippen LogP contribution in [0.25, 0.3) is 10.9 Å². The normalized spacial score (nSPS) is 25.2. The summed E-state index contributed by atoms with van der Waals surface area (Å²) in [4.78, 5) is 57.6. The first-order valence-corrected chi connectivity index (χ1v) is 22.9. The van der Waals surface area contributed by atoms with Crippen LogP contribution in [0.5, 0.6) is 0 Å². The number of anilines is 2. The fourth-order valence-corrected chi connectivity index (χ4v) is 10.9. The fourth-order valence-electron chi connectivity index (χ4n) is 9.47. The number of aromatic nitrogens is 2. The Labute approximate surface area is 361 Å². The number of halogens is 5. The maximum absolute atomic E-state index is 13.9. The maximum Gasteiger partial charge on any atom is 0.329 e. The van der Waals surface area contributed by atoms with Crippen LogP contribution in [0.3, 0.4) is 0 Å². The van der Waals surface area contributed by atoms with E-state index in [-0.39, 0.29) is 73.0 Å². The van der Waals surface area contributed by atoms with Crippen LogP contribution in [0.15, 0.2) is 41.3 Å². The lowest BCUT2D eigenvalue weighted by molar-refractivity contribution is -0.124. The van der Waals surface area contributed by atoms with Crippen molar-refractivity contribution in [3.63, 3.8) is 0 Å². The highest BCUT2D eigenvalue weighted by Crippen LogP contribution is 3.02. The molecule has 21 heteroatoms. The highest BCUT2D eigenvalue weighted by Gasteiger charge is 2.67. The second-order valence-corrected chi connectivity index (χ2v) is 20.0. The van der Waals surface area contributed by atoms with Gasteiger partial charge in [0, 0.05) is 69.6 Å². The molecular formula is C41H50F5N9O5S2. The van der Waals surface area contributed by atoms with Crippen molar-refractivity contribution in [2.75, 3.05) is 49.1 Å². The van der Waals surface area contributed by atoms with E-state index in [9.17, 15) is 38.6 Å². The van der Waals surface area contributed by atoms with Crippen LogP contribution >= 0.6 is 22.4 Å². The molecule has 4 aliphatic rings. The number of carbonyl (C=O) groups excluding carboxylic acids is 4. The number of nitriles is 1. The third-order valence-corrected chi connectivity index (χ3v) is 14.0. The number of nitrogens with one attached hydrogen (secondary N) is 1. The molecule has 2 aromatic carbocycles. The van der Waals surface area contributed by atoms with Gasteiger partial charge >= 0.3 is 16.3 Å². The molecule has 0 spiro atoms. The van der Waals surface area contributed by atoms with Gasteiger partial charge in [0.25, 0.3) is 5.91 Å². The molecule has 0 bridgehead atoms. The summed E-state index contributed by atoms with van der Waals surface area (Å²) in [5.41, 5.74) is -1.43. The van der Waals surface area contributed by atoms with Gasteiger partial charge in [0.2, 0.25) is 5.91 Å².